The third-order valence-electron chi connectivity index (χ3n) is 3.76. The third-order valence-corrected chi connectivity index (χ3v) is 3.76. The second kappa shape index (κ2) is 8.59. The maximum Gasteiger partial charge on any atom is 0.328 e. The fourth-order valence-electron chi connectivity index (χ4n) is 2.16. The number of hydrogen-bond acceptors (Lipinski definition) is 4. The predicted molar refractivity (Wildman–Crippen MR) is 89.4 cm³/mol. The molecule has 0 aliphatic heterocycles. The molecule has 6 nitrogen and oxygen atoms in total. The molecule has 3 N–H and O–H groups in total. The molecule has 0 aliphatic rings. The largest absolute Gasteiger partial charge is 0.480 e. The molecule has 1 amide bonds. The maximum atomic E-state index is 12.4. The number of carbonyl (C=O) groups excluding carboxylic acids is 2. The molecular formula is C18H25NO5. The molecule has 6 heteroatoms. The van der Waals surface area contributed by atoms with Crippen LogP contribution in [0.15, 0.2) is 30.3 Å². The van der Waals surface area contributed by atoms with Crippen molar-refractivity contribution < 1.29 is 24.6 Å². The fraction of sp³-hybridized carbons (Fsp3) is 0.500. The Balaban J connectivity index is 2.93. The maximum absolute atomic E-state index is 12.4. The Morgan fingerprint density at radius 1 is 1.12 bits per heavy atom. The van der Waals surface area contributed by atoms with Crippen molar-refractivity contribution >= 4 is 17.7 Å². The van der Waals surface area contributed by atoms with Crippen molar-refractivity contribution in [3.63, 3.8) is 0 Å². The molecule has 1 rings (SSSR count). The number of hydrogen-bond donors (Lipinski definition) is 3. The van der Waals surface area contributed by atoms with E-state index in [2.05, 4.69) is 5.32 Å². The lowest BCUT2D eigenvalue weighted by Gasteiger charge is -2.23. The van der Waals surface area contributed by atoms with Gasteiger partial charge in [-0.2, -0.15) is 0 Å². The van der Waals surface area contributed by atoms with Gasteiger partial charge in [0.2, 0.25) is 5.91 Å². The van der Waals surface area contributed by atoms with E-state index in [1.54, 1.807) is 20.8 Å². The molecule has 132 valence electrons. The zero-order valence-corrected chi connectivity index (χ0v) is 14.3. The first-order valence-corrected chi connectivity index (χ1v) is 7.86. The van der Waals surface area contributed by atoms with Crippen molar-refractivity contribution in [1.29, 1.82) is 0 Å². The summed E-state index contributed by atoms with van der Waals surface area (Å²) < 4.78 is 0. The molecule has 24 heavy (non-hydrogen) atoms. The van der Waals surface area contributed by atoms with Gasteiger partial charge in [0.25, 0.3) is 0 Å². The van der Waals surface area contributed by atoms with Crippen molar-refractivity contribution in [3.05, 3.63) is 35.9 Å². The average molecular weight is 335 g/mol. The summed E-state index contributed by atoms with van der Waals surface area (Å²) in [6.45, 7) is 4.63. The molecule has 2 atom stereocenters. The molecule has 0 saturated carbocycles. The van der Waals surface area contributed by atoms with Crippen LogP contribution >= 0.6 is 0 Å². The molecule has 1 aromatic carbocycles. The van der Waals surface area contributed by atoms with Gasteiger partial charge in [0.05, 0.1) is 6.61 Å². The van der Waals surface area contributed by atoms with Crippen LogP contribution in [0, 0.1) is 11.3 Å². The minimum Gasteiger partial charge on any atom is -0.480 e. The van der Waals surface area contributed by atoms with E-state index in [-0.39, 0.29) is 12.2 Å². The molecule has 0 saturated heterocycles. The number of nitrogens with one attached hydrogen (secondary N) is 1. The van der Waals surface area contributed by atoms with Crippen LogP contribution in [0.4, 0.5) is 0 Å². The van der Waals surface area contributed by atoms with Gasteiger partial charge in [-0.05, 0) is 12.0 Å². The number of Topliss-reactive ketones (excluding diaryl/α,β-unsaturated/α-hetero) is 1. The van der Waals surface area contributed by atoms with E-state index < -0.39 is 35.9 Å². The van der Waals surface area contributed by atoms with Crippen LogP contribution in [-0.2, 0) is 20.8 Å². The highest BCUT2D eigenvalue weighted by Gasteiger charge is 2.30. The first-order valence-electron chi connectivity index (χ1n) is 7.86. The quantitative estimate of drug-likeness (QED) is 0.666. The van der Waals surface area contributed by atoms with Gasteiger partial charge < -0.3 is 15.5 Å². The van der Waals surface area contributed by atoms with E-state index in [9.17, 15) is 14.4 Å². The second-order valence-corrected chi connectivity index (χ2v) is 6.85. The summed E-state index contributed by atoms with van der Waals surface area (Å²) in [6, 6.07) is 7.85. The number of aliphatic hydroxyl groups is 1. The summed E-state index contributed by atoms with van der Waals surface area (Å²) in [7, 11) is 0. The standard InChI is InChI=1S/C18H25NO5/c1-18(2,3)15(21)10-13(9-12-7-5-4-6-8-12)16(22)19-14(11-20)17(23)24/h4-8,13-14,20H,9-11H2,1-3H3,(H,19,22)(H,23,24)/t13-,14+/m1/s1. The number of amides is 1. The van der Waals surface area contributed by atoms with Gasteiger partial charge >= 0.3 is 5.97 Å². The Labute approximate surface area is 141 Å². The Kier molecular flexibility index (Phi) is 7.10. The summed E-state index contributed by atoms with van der Waals surface area (Å²) in [4.78, 5) is 35.7. The van der Waals surface area contributed by atoms with Gasteiger partial charge in [0.1, 0.15) is 11.8 Å². The summed E-state index contributed by atoms with van der Waals surface area (Å²) in [5, 5.41) is 20.3. The van der Waals surface area contributed by atoms with E-state index in [1.165, 1.54) is 0 Å². The van der Waals surface area contributed by atoms with Crippen LogP contribution in [0.2, 0.25) is 0 Å². The summed E-state index contributed by atoms with van der Waals surface area (Å²) in [5.74, 6) is -2.62. The molecule has 0 fully saturated rings. The number of aliphatic carboxylic acids is 1. The lowest BCUT2D eigenvalue weighted by molar-refractivity contribution is -0.143. The molecule has 0 aromatic heterocycles. The highest BCUT2D eigenvalue weighted by atomic mass is 16.4. The first-order chi connectivity index (χ1) is 11.1. The third kappa shape index (κ3) is 6.12. The molecule has 0 unspecified atom stereocenters. The molecular weight excluding hydrogens is 310 g/mol. The van der Waals surface area contributed by atoms with Gasteiger partial charge in [-0.25, -0.2) is 4.79 Å². The molecule has 0 heterocycles. The number of aliphatic hydroxyl groups excluding tert-OH is 1. The summed E-state index contributed by atoms with van der Waals surface area (Å²) in [6.07, 6.45) is 0.342. The summed E-state index contributed by atoms with van der Waals surface area (Å²) >= 11 is 0. The zero-order valence-electron chi connectivity index (χ0n) is 14.3. The lowest BCUT2D eigenvalue weighted by atomic mass is 9.83. The lowest BCUT2D eigenvalue weighted by Crippen LogP contribution is -2.46. The van der Waals surface area contributed by atoms with Gasteiger partial charge in [-0.1, -0.05) is 51.1 Å². The van der Waals surface area contributed by atoms with E-state index in [0.29, 0.717) is 6.42 Å². The molecule has 1 aromatic rings. The van der Waals surface area contributed by atoms with Crippen LogP contribution in [0.5, 0.6) is 0 Å². The monoisotopic (exact) mass is 335 g/mol. The van der Waals surface area contributed by atoms with Gasteiger partial charge in [-0.3, -0.25) is 9.59 Å². The van der Waals surface area contributed by atoms with Crippen molar-refractivity contribution in [2.75, 3.05) is 6.61 Å². The van der Waals surface area contributed by atoms with Crippen LogP contribution in [0.1, 0.15) is 32.8 Å². The second-order valence-electron chi connectivity index (χ2n) is 6.85. The Morgan fingerprint density at radius 3 is 2.17 bits per heavy atom. The normalized spacial score (nSPS) is 13.8. The summed E-state index contributed by atoms with van der Waals surface area (Å²) in [5.41, 5.74) is 0.300. The van der Waals surface area contributed by atoms with E-state index in [0.717, 1.165) is 5.56 Å². The number of ketones is 1. The van der Waals surface area contributed by atoms with Crippen LogP contribution in [0.25, 0.3) is 0 Å². The van der Waals surface area contributed by atoms with Crippen molar-refractivity contribution in [2.45, 2.75) is 39.7 Å². The van der Waals surface area contributed by atoms with Crippen molar-refractivity contribution in [2.24, 2.45) is 11.3 Å². The molecule has 0 aliphatic carbocycles. The SMILES string of the molecule is CC(C)(C)C(=O)C[C@@H](Cc1ccccc1)C(=O)N[C@@H](CO)C(=O)O. The fourth-order valence-corrected chi connectivity index (χ4v) is 2.16. The average Bonchev–Trinajstić information content (AvgIpc) is 2.51. The first kappa shape index (κ1) is 19.8. The number of carboxylic acid groups (broad SMARTS) is 1. The van der Waals surface area contributed by atoms with Gasteiger partial charge in [0, 0.05) is 17.8 Å². The van der Waals surface area contributed by atoms with Crippen LogP contribution in [0.3, 0.4) is 0 Å². The number of rotatable bonds is 8. The van der Waals surface area contributed by atoms with Gasteiger partial charge in [-0.15, -0.1) is 0 Å². The zero-order chi connectivity index (χ0) is 18.3. The Morgan fingerprint density at radius 2 is 1.71 bits per heavy atom. The van der Waals surface area contributed by atoms with E-state index in [1.807, 2.05) is 30.3 Å². The Bertz CT molecular complexity index is 577. The van der Waals surface area contributed by atoms with Crippen LogP contribution < -0.4 is 5.32 Å². The molecule has 0 bridgehead atoms. The van der Waals surface area contributed by atoms with E-state index >= 15 is 0 Å². The minimum atomic E-state index is -1.37. The highest BCUT2D eigenvalue weighted by molar-refractivity contribution is 5.91. The van der Waals surface area contributed by atoms with Crippen molar-refractivity contribution in [3.8, 4) is 0 Å². The van der Waals surface area contributed by atoms with Crippen molar-refractivity contribution in [1.82, 2.24) is 5.32 Å². The predicted octanol–water partition coefficient (Wildman–Crippen LogP) is 1.41. The number of benzene rings is 1. The number of carbonyl (C=O) groups is 3. The topological polar surface area (TPSA) is 104 Å². The Hall–Kier alpha value is -2.21. The van der Waals surface area contributed by atoms with Crippen LogP contribution in [-0.4, -0.2) is 40.5 Å². The minimum absolute atomic E-state index is 0.0159. The smallest absolute Gasteiger partial charge is 0.328 e. The number of carboxylic acids is 1. The molecule has 0 radical (unpaired) electrons. The van der Waals surface area contributed by atoms with Gasteiger partial charge in [0.15, 0.2) is 0 Å². The highest BCUT2D eigenvalue weighted by Crippen LogP contribution is 2.22. The van der Waals surface area contributed by atoms with E-state index in [4.69, 9.17) is 10.2 Å². The molecule has 0 spiro atoms.